The molecule has 0 bridgehead atoms. The van der Waals surface area contributed by atoms with Gasteiger partial charge >= 0.3 is 5.97 Å². The number of anilines is 2. The molecule has 0 unspecified atom stereocenters. The standard InChI is InChI=1S/C11H12N4O2S/c1-3-17-10(16)9-14-15-11(18-9)13-8-6-4-5-7(2)12-8/h4-6H,3H2,1-2H3,(H,12,13,15). The summed E-state index contributed by atoms with van der Waals surface area (Å²) in [6.45, 7) is 3.96. The summed E-state index contributed by atoms with van der Waals surface area (Å²) in [7, 11) is 0. The molecule has 0 atom stereocenters. The number of esters is 1. The Bertz CT molecular complexity index is 555. The highest BCUT2D eigenvalue weighted by Gasteiger charge is 2.13. The molecule has 2 aromatic rings. The zero-order valence-corrected chi connectivity index (χ0v) is 10.8. The van der Waals surface area contributed by atoms with Gasteiger partial charge in [-0.15, -0.1) is 10.2 Å². The van der Waals surface area contributed by atoms with Crippen molar-refractivity contribution in [1.82, 2.24) is 15.2 Å². The highest BCUT2D eigenvalue weighted by atomic mass is 32.1. The number of hydrogen-bond acceptors (Lipinski definition) is 7. The average Bonchev–Trinajstić information content (AvgIpc) is 2.78. The molecule has 94 valence electrons. The third kappa shape index (κ3) is 3.01. The number of pyridine rings is 1. The van der Waals surface area contributed by atoms with Crippen LogP contribution in [0.15, 0.2) is 18.2 Å². The smallest absolute Gasteiger partial charge is 0.369 e. The average molecular weight is 264 g/mol. The van der Waals surface area contributed by atoms with Crippen molar-refractivity contribution in [3.8, 4) is 0 Å². The molecule has 0 aromatic carbocycles. The van der Waals surface area contributed by atoms with E-state index in [-0.39, 0.29) is 5.01 Å². The summed E-state index contributed by atoms with van der Waals surface area (Å²) in [6, 6.07) is 5.60. The summed E-state index contributed by atoms with van der Waals surface area (Å²) < 4.78 is 4.84. The predicted octanol–water partition coefficient (Wildman–Crippen LogP) is 2.16. The van der Waals surface area contributed by atoms with E-state index in [9.17, 15) is 4.79 Å². The van der Waals surface area contributed by atoms with Crippen LogP contribution in [0.5, 0.6) is 0 Å². The van der Waals surface area contributed by atoms with Gasteiger partial charge in [0.15, 0.2) is 0 Å². The van der Waals surface area contributed by atoms with Crippen molar-refractivity contribution in [1.29, 1.82) is 0 Å². The van der Waals surface area contributed by atoms with E-state index in [2.05, 4.69) is 20.5 Å². The van der Waals surface area contributed by atoms with E-state index in [1.807, 2.05) is 25.1 Å². The molecule has 0 fully saturated rings. The lowest BCUT2D eigenvalue weighted by molar-refractivity contribution is 0.0525. The topological polar surface area (TPSA) is 77.0 Å². The first kappa shape index (κ1) is 12.4. The minimum atomic E-state index is -0.458. The summed E-state index contributed by atoms with van der Waals surface area (Å²) in [5, 5.41) is 11.3. The van der Waals surface area contributed by atoms with Gasteiger partial charge in [0, 0.05) is 5.69 Å². The fourth-order valence-electron chi connectivity index (χ4n) is 1.27. The lowest BCUT2D eigenvalue weighted by Gasteiger charge is -2.00. The number of carbonyl (C=O) groups is 1. The van der Waals surface area contributed by atoms with Crippen LogP contribution in [0, 0.1) is 6.92 Å². The van der Waals surface area contributed by atoms with Gasteiger partial charge in [0.05, 0.1) is 6.61 Å². The Morgan fingerprint density at radius 2 is 2.28 bits per heavy atom. The third-order valence-corrected chi connectivity index (χ3v) is 2.82. The van der Waals surface area contributed by atoms with Gasteiger partial charge in [-0.05, 0) is 26.0 Å². The van der Waals surface area contributed by atoms with Crippen molar-refractivity contribution < 1.29 is 9.53 Å². The first-order chi connectivity index (χ1) is 8.69. The van der Waals surface area contributed by atoms with E-state index >= 15 is 0 Å². The SMILES string of the molecule is CCOC(=O)c1nnc(Nc2cccc(C)n2)s1. The lowest BCUT2D eigenvalue weighted by Crippen LogP contribution is -2.03. The van der Waals surface area contributed by atoms with E-state index in [0.29, 0.717) is 17.6 Å². The van der Waals surface area contributed by atoms with Crippen LogP contribution in [-0.2, 0) is 4.74 Å². The molecule has 0 aliphatic rings. The summed E-state index contributed by atoms with van der Waals surface area (Å²) in [5.74, 6) is 0.210. The Hall–Kier alpha value is -2.02. The van der Waals surface area contributed by atoms with Crippen molar-refractivity contribution in [3.05, 3.63) is 28.9 Å². The van der Waals surface area contributed by atoms with Crippen LogP contribution in [-0.4, -0.2) is 27.8 Å². The van der Waals surface area contributed by atoms with Gasteiger partial charge < -0.3 is 10.1 Å². The summed E-state index contributed by atoms with van der Waals surface area (Å²) >= 11 is 1.13. The number of nitrogens with one attached hydrogen (secondary N) is 1. The van der Waals surface area contributed by atoms with Crippen molar-refractivity contribution in [2.24, 2.45) is 0 Å². The van der Waals surface area contributed by atoms with Gasteiger partial charge in [0.2, 0.25) is 10.1 Å². The first-order valence-electron chi connectivity index (χ1n) is 5.40. The molecule has 0 aliphatic carbocycles. The molecule has 0 aliphatic heterocycles. The molecule has 0 saturated carbocycles. The van der Waals surface area contributed by atoms with Gasteiger partial charge in [-0.25, -0.2) is 9.78 Å². The van der Waals surface area contributed by atoms with Crippen LogP contribution in [0.2, 0.25) is 0 Å². The minimum absolute atomic E-state index is 0.229. The van der Waals surface area contributed by atoms with Crippen molar-refractivity contribution in [2.45, 2.75) is 13.8 Å². The second kappa shape index (κ2) is 5.54. The summed E-state index contributed by atoms with van der Waals surface area (Å²) in [4.78, 5) is 15.7. The van der Waals surface area contributed by atoms with E-state index < -0.39 is 5.97 Å². The molecule has 2 rings (SSSR count). The van der Waals surface area contributed by atoms with Crippen molar-refractivity contribution in [3.63, 3.8) is 0 Å². The van der Waals surface area contributed by atoms with Crippen LogP contribution in [0.3, 0.4) is 0 Å². The highest BCUT2D eigenvalue weighted by Crippen LogP contribution is 2.20. The molecular formula is C11H12N4O2S. The van der Waals surface area contributed by atoms with E-state index in [1.54, 1.807) is 6.92 Å². The molecule has 0 amide bonds. The maximum absolute atomic E-state index is 11.4. The summed E-state index contributed by atoms with van der Waals surface area (Å²) in [6.07, 6.45) is 0. The molecule has 0 spiro atoms. The fourth-order valence-corrected chi connectivity index (χ4v) is 1.92. The molecule has 2 aromatic heterocycles. The van der Waals surface area contributed by atoms with Gasteiger partial charge in [0.1, 0.15) is 5.82 Å². The Kier molecular flexibility index (Phi) is 3.83. The first-order valence-corrected chi connectivity index (χ1v) is 6.22. The van der Waals surface area contributed by atoms with Crippen molar-refractivity contribution >= 4 is 28.3 Å². The monoisotopic (exact) mass is 264 g/mol. The second-order valence-corrected chi connectivity index (χ2v) is 4.40. The van der Waals surface area contributed by atoms with Crippen molar-refractivity contribution in [2.75, 3.05) is 11.9 Å². The number of carbonyl (C=O) groups excluding carboxylic acids is 1. The molecule has 0 radical (unpaired) electrons. The van der Waals surface area contributed by atoms with Crippen LogP contribution in [0.25, 0.3) is 0 Å². The molecule has 7 heteroatoms. The Labute approximate surface area is 108 Å². The zero-order valence-electron chi connectivity index (χ0n) is 10.0. The largest absolute Gasteiger partial charge is 0.461 e. The molecular weight excluding hydrogens is 252 g/mol. The van der Waals surface area contributed by atoms with Crippen LogP contribution in [0.4, 0.5) is 10.9 Å². The number of nitrogens with zero attached hydrogens (tertiary/aromatic N) is 3. The number of rotatable bonds is 4. The molecule has 18 heavy (non-hydrogen) atoms. The quantitative estimate of drug-likeness (QED) is 0.853. The van der Waals surface area contributed by atoms with Crippen LogP contribution >= 0.6 is 11.3 Å². The summed E-state index contributed by atoms with van der Waals surface area (Å²) in [5.41, 5.74) is 0.898. The lowest BCUT2D eigenvalue weighted by atomic mass is 10.4. The van der Waals surface area contributed by atoms with E-state index in [0.717, 1.165) is 17.0 Å². The van der Waals surface area contributed by atoms with Crippen LogP contribution < -0.4 is 5.32 Å². The molecule has 0 saturated heterocycles. The Morgan fingerprint density at radius 3 is 3.00 bits per heavy atom. The molecule has 6 nitrogen and oxygen atoms in total. The normalized spacial score (nSPS) is 10.1. The Balaban J connectivity index is 2.09. The number of aryl methyl sites for hydroxylation is 1. The van der Waals surface area contributed by atoms with E-state index in [1.165, 1.54) is 0 Å². The number of aromatic nitrogens is 3. The molecule has 2 heterocycles. The third-order valence-electron chi connectivity index (χ3n) is 2.00. The molecule has 1 N–H and O–H groups in total. The van der Waals surface area contributed by atoms with Crippen LogP contribution in [0.1, 0.15) is 22.4 Å². The number of ether oxygens (including phenoxy) is 1. The second-order valence-electron chi connectivity index (χ2n) is 3.42. The predicted molar refractivity (Wildman–Crippen MR) is 68.1 cm³/mol. The van der Waals surface area contributed by atoms with Gasteiger partial charge in [-0.3, -0.25) is 0 Å². The van der Waals surface area contributed by atoms with Gasteiger partial charge in [-0.1, -0.05) is 17.4 Å². The highest BCUT2D eigenvalue weighted by molar-refractivity contribution is 7.17. The van der Waals surface area contributed by atoms with Gasteiger partial charge in [-0.2, -0.15) is 0 Å². The van der Waals surface area contributed by atoms with Gasteiger partial charge in [0.25, 0.3) is 0 Å². The van der Waals surface area contributed by atoms with E-state index in [4.69, 9.17) is 4.74 Å². The Morgan fingerprint density at radius 1 is 1.44 bits per heavy atom. The maximum Gasteiger partial charge on any atom is 0.369 e. The number of hydrogen-bond donors (Lipinski definition) is 1. The fraction of sp³-hybridized carbons (Fsp3) is 0.273. The minimum Gasteiger partial charge on any atom is -0.461 e. The maximum atomic E-state index is 11.4. The zero-order chi connectivity index (χ0) is 13.0.